The number of methoxy groups -OCH3 is 1. The molecule has 0 saturated carbocycles. The molecule has 1 saturated heterocycles. The number of piperidine rings is 1. The highest BCUT2D eigenvalue weighted by atomic mass is 16.5. The van der Waals surface area contributed by atoms with Crippen molar-refractivity contribution in [3.05, 3.63) is 23.8 Å². The van der Waals surface area contributed by atoms with E-state index < -0.39 is 0 Å². The number of nitrogens with one attached hydrogen (secondary N) is 1. The first-order chi connectivity index (χ1) is 9.52. The Hall–Kier alpha value is -1.55. The molecule has 0 radical (unpaired) electrons. The molecule has 110 valence electrons. The summed E-state index contributed by atoms with van der Waals surface area (Å²) >= 11 is 0. The normalized spacial score (nSPS) is 19.6. The maximum absolute atomic E-state index is 12.6. The van der Waals surface area contributed by atoms with Gasteiger partial charge in [-0.05, 0) is 43.5 Å². The van der Waals surface area contributed by atoms with Crippen LogP contribution in [0.2, 0.25) is 0 Å². The van der Waals surface area contributed by atoms with E-state index in [0.29, 0.717) is 6.04 Å². The van der Waals surface area contributed by atoms with E-state index in [0.717, 1.165) is 36.4 Å². The molecule has 1 aromatic rings. The lowest BCUT2D eigenvalue weighted by Gasteiger charge is -2.34. The Kier molecular flexibility index (Phi) is 4.65. The molecule has 1 aliphatic heterocycles. The average molecular weight is 276 g/mol. The minimum atomic E-state index is -0.0646. The van der Waals surface area contributed by atoms with Gasteiger partial charge in [0.1, 0.15) is 5.75 Å². The van der Waals surface area contributed by atoms with Crippen LogP contribution in [0.5, 0.6) is 5.75 Å². The molecule has 1 amide bonds. The van der Waals surface area contributed by atoms with E-state index in [1.165, 1.54) is 0 Å². The highest BCUT2D eigenvalue weighted by Crippen LogP contribution is 2.28. The van der Waals surface area contributed by atoms with Crippen molar-refractivity contribution in [3.63, 3.8) is 0 Å². The van der Waals surface area contributed by atoms with E-state index in [9.17, 15) is 4.79 Å². The fourth-order valence-electron chi connectivity index (χ4n) is 2.73. The molecule has 4 heteroatoms. The van der Waals surface area contributed by atoms with E-state index in [2.05, 4.69) is 19.2 Å². The molecule has 1 aromatic carbocycles. The van der Waals surface area contributed by atoms with Gasteiger partial charge in [-0.2, -0.15) is 0 Å². The van der Waals surface area contributed by atoms with Gasteiger partial charge in [-0.3, -0.25) is 4.79 Å². The summed E-state index contributed by atoms with van der Waals surface area (Å²) in [7, 11) is 1.66. The lowest BCUT2D eigenvalue weighted by Crippen LogP contribution is -2.52. The Morgan fingerprint density at radius 3 is 2.75 bits per heavy atom. The van der Waals surface area contributed by atoms with Gasteiger partial charge in [0.05, 0.1) is 13.2 Å². The predicted octanol–water partition coefficient (Wildman–Crippen LogP) is 2.50. The van der Waals surface area contributed by atoms with Gasteiger partial charge in [-0.15, -0.1) is 0 Å². The van der Waals surface area contributed by atoms with Crippen molar-refractivity contribution in [1.29, 1.82) is 0 Å². The summed E-state index contributed by atoms with van der Waals surface area (Å²) in [6.45, 7) is 6.96. The molecule has 1 aliphatic rings. The quantitative estimate of drug-likeness (QED) is 0.918. The maximum Gasteiger partial charge on any atom is 0.244 e. The summed E-state index contributed by atoms with van der Waals surface area (Å²) in [4.78, 5) is 14.5. The van der Waals surface area contributed by atoms with Crippen LogP contribution in [0.3, 0.4) is 0 Å². The zero-order valence-corrected chi connectivity index (χ0v) is 12.8. The number of carbonyl (C=O) groups excluding carboxylic acids is 1. The monoisotopic (exact) mass is 276 g/mol. The van der Waals surface area contributed by atoms with Crippen molar-refractivity contribution in [3.8, 4) is 5.75 Å². The largest absolute Gasteiger partial charge is 0.497 e. The number of benzene rings is 1. The van der Waals surface area contributed by atoms with E-state index in [-0.39, 0.29) is 11.9 Å². The minimum absolute atomic E-state index is 0.0646. The van der Waals surface area contributed by atoms with E-state index in [1.54, 1.807) is 7.11 Å². The third kappa shape index (κ3) is 3.12. The Balaban J connectivity index is 2.21. The molecule has 1 fully saturated rings. The smallest absolute Gasteiger partial charge is 0.244 e. The predicted molar refractivity (Wildman–Crippen MR) is 81.4 cm³/mol. The average Bonchev–Trinajstić information content (AvgIpc) is 2.41. The molecule has 0 bridgehead atoms. The molecule has 0 aliphatic carbocycles. The van der Waals surface area contributed by atoms with Crippen LogP contribution in [0.4, 0.5) is 5.69 Å². The van der Waals surface area contributed by atoms with Crippen LogP contribution in [0.15, 0.2) is 18.2 Å². The number of anilines is 1. The van der Waals surface area contributed by atoms with Crippen molar-refractivity contribution < 1.29 is 9.53 Å². The first-order valence-electron chi connectivity index (χ1n) is 7.25. The van der Waals surface area contributed by atoms with Crippen LogP contribution in [0.1, 0.15) is 32.3 Å². The van der Waals surface area contributed by atoms with Gasteiger partial charge in [0.2, 0.25) is 5.91 Å². The zero-order valence-electron chi connectivity index (χ0n) is 12.8. The van der Waals surface area contributed by atoms with Crippen molar-refractivity contribution in [2.45, 2.75) is 45.7 Å². The van der Waals surface area contributed by atoms with Crippen LogP contribution in [0.25, 0.3) is 0 Å². The standard InChI is InChI=1S/C16H24N2O2/c1-11(2)17-14-6-5-9-18(16(14)19)15-8-7-13(20-4)10-12(15)3/h7-8,10-11,14,17H,5-6,9H2,1-4H3. The lowest BCUT2D eigenvalue weighted by molar-refractivity contribution is -0.121. The van der Waals surface area contributed by atoms with E-state index in [1.807, 2.05) is 30.0 Å². The van der Waals surface area contributed by atoms with Gasteiger partial charge in [0.25, 0.3) is 0 Å². The van der Waals surface area contributed by atoms with Gasteiger partial charge in [-0.1, -0.05) is 13.8 Å². The van der Waals surface area contributed by atoms with Crippen LogP contribution in [-0.2, 0) is 4.79 Å². The van der Waals surface area contributed by atoms with Crippen LogP contribution >= 0.6 is 0 Å². The van der Waals surface area contributed by atoms with Gasteiger partial charge in [0, 0.05) is 18.3 Å². The molecule has 2 rings (SSSR count). The number of carbonyl (C=O) groups is 1. The van der Waals surface area contributed by atoms with Crippen LogP contribution < -0.4 is 15.0 Å². The lowest BCUT2D eigenvalue weighted by atomic mass is 10.0. The Morgan fingerprint density at radius 1 is 1.40 bits per heavy atom. The van der Waals surface area contributed by atoms with Gasteiger partial charge < -0.3 is 15.0 Å². The number of hydrogen-bond acceptors (Lipinski definition) is 3. The van der Waals surface area contributed by atoms with Gasteiger partial charge in [0.15, 0.2) is 0 Å². The second-order valence-corrected chi connectivity index (χ2v) is 5.66. The Morgan fingerprint density at radius 2 is 2.15 bits per heavy atom. The van der Waals surface area contributed by atoms with Crippen molar-refractivity contribution >= 4 is 11.6 Å². The maximum atomic E-state index is 12.6. The van der Waals surface area contributed by atoms with Crippen molar-refractivity contribution in [2.24, 2.45) is 0 Å². The third-order valence-electron chi connectivity index (χ3n) is 3.67. The summed E-state index contributed by atoms with van der Waals surface area (Å²) in [6.07, 6.45) is 1.95. The molecule has 1 unspecified atom stereocenters. The SMILES string of the molecule is COc1ccc(N2CCCC(NC(C)C)C2=O)c(C)c1. The summed E-state index contributed by atoms with van der Waals surface area (Å²) < 4.78 is 5.22. The Bertz CT molecular complexity index is 485. The van der Waals surface area contributed by atoms with Gasteiger partial charge >= 0.3 is 0 Å². The molecular weight excluding hydrogens is 252 g/mol. The molecule has 1 atom stereocenters. The van der Waals surface area contributed by atoms with Gasteiger partial charge in [-0.25, -0.2) is 0 Å². The highest BCUT2D eigenvalue weighted by Gasteiger charge is 2.30. The number of nitrogens with zero attached hydrogens (tertiary/aromatic N) is 1. The van der Waals surface area contributed by atoms with Crippen LogP contribution in [0, 0.1) is 6.92 Å². The number of ether oxygens (including phenoxy) is 1. The Labute approximate surface area is 121 Å². The second-order valence-electron chi connectivity index (χ2n) is 5.66. The molecular formula is C16H24N2O2. The number of hydrogen-bond donors (Lipinski definition) is 1. The summed E-state index contributed by atoms with van der Waals surface area (Å²) in [5.74, 6) is 1.01. The second kappa shape index (κ2) is 6.27. The molecule has 0 aromatic heterocycles. The number of aryl methyl sites for hydroxylation is 1. The zero-order chi connectivity index (χ0) is 14.7. The fourth-order valence-corrected chi connectivity index (χ4v) is 2.73. The first-order valence-corrected chi connectivity index (χ1v) is 7.25. The molecule has 0 spiro atoms. The molecule has 4 nitrogen and oxygen atoms in total. The molecule has 20 heavy (non-hydrogen) atoms. The molecule has 1 heterocycles. The fraction of sp³-hybridized carbons (Fsp3) is 0.562. The van der Waals surface area contributed by atoms with E-state index >= 15 is 0 Å². The van der Waals surface area contributed by atoms with Crippen molar-refractivity contribution in [1.82, 2.24) is 5.32 Å². The highest BCUT2D eigenvalue weighted by molar-refractivity contribution is 5.98. The minimum Gasteiger partial charge on any atom is -0.497 e. The number of amides is 1. The summed E-state index contributed by atoms with van der Waals surface area (Å²) in [5, 5.41) is 3.36. The molecule has 1 N–H and O–H groups in total. The first kappa shape index (κ1) is 14.9. The summed E-state index contributed by atoms with van der Waals surface area (Å²) in [5.41, 5.74) is 2.06. The van der Waals surface area contributed by atoms with E-state index in [4.69, 9.17) is 4.74 Å². The third-order valence-corrected chi connectivity index (χ3v) is 3.67. The number of rotatable bonds is 4. The van der Waals surface area contributed by atoms with Crippen molar-refractivity contribution in [2.75, 3.05) is 18.6 Å². The topological polar surface area (TPSA) is 41.6 Å². The van der Waals surface area contributed by atoms with Crippen LogP contribution in [-0.4, -0.2) is 31.6 Å². The summed E-state index contributed by atoms with van der Waals surface area (Å²) in [6, 6.07) is 6.12.